The Bertz CT molecular complexity index is 5120. The molecule has 0 atom stereocenters. The highest BCUT2D eigenvalue weighted by Crippen LogP contribution is 2.55. The minimum atomic E-state index is -0.424. The van der Waals surface area contributed by atoms with Gasteiger partial charge >= 0.3 is 0 Å². The minimum Gasteiger partial charge on any atom is -0.456 e. The van der Waals surface area contributed by atoms with Crippen molar-refractivity contribution in [2.75, 3.05) is 14.7 Å². The molecule has 2 aliphatic carbocycles. The predicted octanol–water partition coefficient (Wildman–Crippen LogP) is 21.7. The number of para-hydroxylation sites is 2. The van der Waals surface area contributed by atoms with E-state index < -0.39 is 6.04 Å². The first-order valence-corrected chi connectivity index (χ1v) is 32.3. The summed E-state index contributed by atoms with van der Waals surface area (Å²) in [5.41, 5.74) is 21.8. The van der Waals surface area contributed by atoms with Crippen LogP contribution in [0.5, 0.6) is 0 Å². The van der Waals surface area contributed by atoms with Crippen molar-refractivity contribution in [3.05, 3.63) is 240 Å². The fraction of sp³-hybridized carbons (Fsp3) is 0.244. The van der Waals surface area contributed by atoms with E-state index in [-0.39, 0.29) is 63.5 Å². The Morgan fingerprint density at radius 2 is 1.09 bits per heavy atom. The molecule has 2 aliphatic heterocycles. The van der Waals surface area contributed by atoms with Gasteiger partial charge in [0.05, 0.1) is 18.2 Å². The lowest BCUT2D eigenvalue weighted by Gasteiger charge is -2.45. The van der Waals surface area contributed by atoms with Crippen molar-refractivity contribution in [1.29, 1.82) is 0 Å². The van der Waals surface area contributed by atoms with E-state index in [2.05, 4.69) is 261 Å². The van der Waals surface area contributed by atoms with Gasteiger partial charge < -0.3 is 19.1 Å². The Balaban J connectivity index is 1.05. The first-order chi connectivity index (χ1) is 44.3. The molecule has 0 N–H and O–H groups in total. The van der Waals surface area contributed by atoms with Crippen LogP contribution in [0.15, 0.2) is 217 Å². The SMILES string of the molecule is [2H]c1c([2H])c([2H])c(-c2cc3c4c(c2)N(c2ccc5c(c2)C(C)(C)CCC5(C)C)c2c(sc5ccc(C(C)(C)C)cc25)B4c2ccc(N(c4ccc5c(c4)C(C)(C)CCC5(C)C)c4ccccc4-c4ccccc4)cc2N3c2ccc3oc4ccccc4c3c2)c([2H])c1[2H]. The molecule has 4 heterocycles. The van der Waals surface area contributed by atoms with Gasteiger partial charge in [-0.15, -0.1) is 11.3 Å². The summed E-state index contributed by atoms with van der Waals surface area (Å²) in [5, 5.41) is 3.13. The van der Waals surface area contributed by atoms with Crippen LogP contribution >= 0.6 is 11.3 Å². The van der Waals surface area contributed by atoms with Gasteiger partial charge in [-0.05, 0) is 199 Å². The summed E-state index contributed by atoms with van der Waals surface area (Å²) in [6.45, 7) is 25.7. The lowest BCUT2D eigenvalue weighted by atomic mass is 9.36. The monoisotopic (exact) mass is 1170 g/mol. The highest BCUT2D eigenvalue weighted by Gasteiger charge is 2.47. The van der Waals surface area contributed by atoms with E-state index in [0.29, 0.717) is 5.56 Å². The molecule has 0 saturated heterocycles. The average molecular weight is 1170 g/mol. The highest BCUT2D eigenvalue weighted by atomic mass is 32.1. The first kappa shape index (κ1) is 49.4. The maximum Gasteiger partial charge on any atom is 0.264 e. The second-order valence-electron chi connectivity index (χ2n) is 29.0. The fourth-order valence-corrected chi connectivity index (χ4v) is 16.7. The van der Waals surface area contributed by atoms with E-state index in [1.165, 1.54) is 37.3 Å². The molecule has 434 valence electrons. The zero-order valence-corrected chi connectivity index (χ0v) is 53.2. The largest absolute Gasteiger partial charge is 0.456 e. The van der Waals surface area contributed by atoms with Crippen molar-refractivity contribution in [3.8, 4) is 22.3 Å². The van der Waals surface area contributed by atoms with Gasteiger partial charge in [-0.3, -0.25) is 0 Å². The third-order valence-electron chi connectivity index (χ3n) is 20.6. The summed E-state index contributed by atoms with van der Waals surface area (Å²) >= 11 is 1.86. The zero-order chi connectivity index (χ0) is 64.7. The van der Waals surface area contributed by atoms with Crippen LogP contribution in [0.4, 0.5) is 51.2 Å². The van der Waals surface area contributed by atoms with Gasteiger partial charge in [0.1, 0.15) is 11.2 Å². The van der Waals surface area contributed by atoms with Crippen molar-refractivity contribution in [3.63, 3.8) is 0 Å². The maximum atomic E-state index is 9.77. The number of rotatable bonds is 7. The molecule has 16 rings (SSSR count). The highest BCUT2D eigenvalue weighted by molar-refractivity contribution is 7.33. The molecule has 0 fully saturated rings. The number of anilines is 9. The Morgan fingerprint density at radius 3 is 1.83 bits per heavy atom. The van der Waals surface area contributed by atoms with Crippen LogP contribution in [-0.2, 0) is 27.1 Å². The van der Waals surface area contributed by atoms with Crippen molar-refractivity contribution in [2.24, 2.45) is 0 Å². The Labute approximate surface area is 531 Å². The molecule has 12 aromatic rings. The number of furan rings is 1. The molecule has 4 nitrogen and oxygen atoms in total. The molecule has 0 radical (unpaired) electrons. The standard InChI is InChI=1S/C82H76BN3OS/c1-78(2,3)54-30-39-74-62(46-54)76-77(88-74)83-67-37-33-58(84(68-28-20-18-26-59(68)52-24-16-13-17-25-52)56-31-35-63-65(48-56)81(8,9)42-40-79(63,4)5)50-69(67)85(55-34-38-73-61(47-55)60-27-19-21-29-72(60)87-73)70-44-53(51-22-14-12-15-23-51)45-71(75(70)83)86(76)57-32-36-64-66(49-57)82(10,11)43-41-80(64,6)7/h12-39,44-50H,40-43H2,1-11H3/i12D,14D,15D,22D,23D. The first-order valence-electron chi connectivity index (χ1n) is 34.0. The van der Waals surface area contributed by atoms with Crippen molar-refractivity contribution >= 4 is 117 Å². The number of nitrogens with zero attached hydrogens (tertiary/aromatic N) is 3. The van der Waals surface area contributed by atoms with E-state index in [0.717, 1.165) is 126 Å². The second-order valence-corrected chi connectivity index (χ2v) is 30.1. The Hall–Kier alpha value is -8.58. The normalized spacial score (nSPS) is 17.5. The smallest absolute Gasteiger partial charge is 0.264 e. The molecule has 10 aromatic carbocycles. The third kappa shape index (κ3) is 8.52. The van der Waals surface area contributed by atoms with Crippen LogP contribution in [0.1, 0.15) is 137 Å². The molecule has 0 bridgehead atoms. The number of benzene rings is 10. The number of fused-ring (bicyclic) bond motifs is 11. The number of hydrogen-bond acceptors (Lipinski definition) is 5. The summed E-state index contributed by atoms with van der Waals surface area (Å²) in [4.78, 5) is 7.36. The van der Waals surface area contributed by atoms with E-state index in [9.17, 15) is 5.48 Å². The number of thiophene rings is 1. The van der Waals surface area contributed by atoms with Gasteiger partial charge in [-0.1, -0.05) is 197 Å². The molecule has 0 amide bonds. The predicted molar refractivity (Wildman–Crippen MR) is 378 cm³/mol. The lowest BCUT2D eigenvalue weighted by molar-refractivity contribution is 0.332. The maximum absolute atomic E-state index is 9.77. The summed E-state index contributed by atoms with van der Waals surface area (Å²) in [6.07, 6.45) is 4.31. The average Bonchev–Trinajstić information content (AvgIpc) is 1.67. The number of hydrogen-bond donors (Lipinski definition) is 0. The van der Waals surface area contributed by atoms with Gasteiger partial charge in [0.2, 0.25) is 0 Å². The summed E-state index contributed by atoms with van der Waals surface area (Å²) < 4.78 is 55.8. The van der Waals surface area contributed by atoms with Gasteiger partial charge in [0, 0.05) is 71.0 Å². The Kier molecular flexibility index (Phi) is 10.9. The van der Waals surface area contributed by atoms with E-state index >= 15 is 0 Å². The molecular formula is C82H76BN3OS. The van der Waals surface area contributed by atoms with Gasteiger partial charge in [-0.25, -0.2) is 0 Å². The second kappa shape index (κ2) is 19.5. The minimum absolute atomic E-state index is 0.00686. The summed E-state index contributed by atoms with van der Waals surface area (Å²) in [6, 6.07) is 65.3. The van der Waals surface area contributed by atoms with Crippen LogP contribution in [0.3, 0.4) is 0 Å². The van der Waals surface area contributed by atoms with Crippen LogP contribution in [-0.4, -0.2) is 6.71 Å². The fourth-order valence-electron chi connectivity index (χ4n) is 15.4. The molecule has 88 heavy (non-hydrogen) atoms. The third-order valence-corrected chi connectivity index (χ3v) is 21.8. The van der Waals surface area contributed by atoms with Gasteiger partial charge in [0.15, 0.2) is 0 Å². The summed E-state index contributed by atoms with van der Waals surface area (Å²) in [5.74, 6) is 0. The molecule has 0 unspecified atom stereocenters. The topological polar surface area (TPSA) is 22.9 Å². The summed E-state index contributed by atoms with van der Waals surface area (Å²) in [7, 11) is 0. The molecule has 4 aliphatic rings. The lowest BCUT2D eigenvalue weighted by Crippen LogP contribution is -2.60. The van der Waals surface area contributed by atoms with Crippen LogP contribution in [0.2, 0.25) is 0 Å². The van der Waals surface area contributed by atoms with Crippen LogP contribution < -0.4 is 30.4 Å². The van der Waals surface area contributed by atoms with Crippen molar-refractivity contribution < 1.29 is 11.3 Å². The van der Waals surface area contributed by atoms with Crippen LogP contribution in [0, 0.1) is 0 Å². The van der Waals surface area contributed by atoms with Gasteiger partial charge in [0.25, 0.3) is 6.71 Å². The van der Waals surface area contributed by atoms with E-state index in [1.807, 2.05) is 23.5 Å². The Morgan fingerprint density at radius 1 is 0.489 bits per heavy atom. The van der Waals surface area contributed by atoms with Crippen LogP contribution in [0.25, 0.3) is 54.3 Å². The van der Waals surface area contributed by atoms with E-state index in [1.54, 1.807) is 0 Å². The van der Waals surface area contributed by atoms with Crippen molar-refractivity contribution in [1.82, 2.24) is 0 Å². The molecule has 0 saturated carbocycles. The molecule has 0 spiro atoms. The van der Waals surface area contributed by atoms with Crippen molar-refractivity contribution in [2.45, 2.75) is 129 Å². The zero-order valence-electron chi connectivity index (χ0n) is 57.4. The molecular weight excluding hydrogens is 1090 g/mol. The quantitative estimate of drug-likeness (QED) is 0.148. The molecule has 6 heteroatoms. The van der Waals surface area contributed by atoms with Gasteiger partial charge in [-0.2, -0.15) is 0 Å². The van der Waals surface area contributed by atoms with E-state index in [4.69, 9.17) is 5.79 Å². The molecule has 2 aromatic heterocycles.